The van der Waals surface area contributed by atoms with Gasteiger partial charge in [0.1, 0.15) is 0 Å². The fourth-order valence-electron chi connectivity index (χ4n) is 1.89. The summed E-state index contributed by atoms with van der Waals surface area (Å²) in [6.45, 7) is 7.90. The molecule has 0 aliphatic carbocycles. The molecule has 0 aliphatic rings. The Morgan fingerprint density at radius 1 is 1.39 bits per heavy atom. The molecule has 18 heavy (non-hydrogen) atoms. The third-order valence-electron chi connectivity index (χ3n) is 2.82. The molecule has 0 unspecified atom stereocenters. The Labute approximate surface area is 108 Å². The molecule has 1 N–H and O–H groups in total. The maximum atomic E-state index is 4.39. The van der Waals surface area contributed by atoms with E-state index in [4.69, 9.17) is 0 Å². The molecule has 5 heteroatoms. The molecule has 2 heterocycles. The Hall–Kier alpha value is -1.62. The molecule has 0 aliphatic heterocycles. The lowest BCUT2D eigenvalue weighted by atomic mass is 10.3. The van der Waals surface area contributed by atoms with Crippen LogP contribution in [0, 0.1) is 6.92 Å². The summed E-state index contributed by atoms with van der Waals surface area (Å²) >= 11 is 0. The van der Waals surface area contributed by atoms with Crippen LogP contribution in [-0.2, 0) is 20.1 Å². The minimum absolute atomic E-state index is 0.481. The van der Waals surface area contributed by atoms with E-state index in [1.54, 1.807) is 0 Å². The van der Waals surface area contributed by atoms with Crippen molar-refractivity contribution in [3.63, 3.8) is 0 Å². The summed E-state index contributed by atoms with van der Waals surface area (Å²) in [5.41, 5.74) is 3.31. The van der Waals surface area contributed by atoms with Gasteiger partial charge in [-0.2, -0.15) is 5.10 Å². The zero-order valence-corrected chi connectivity index (χ0v) is 11.5. The molecule has 0 aromatic carbocycles. The van der Waals surface area contributed by atoms with Crippen LogP contribution >= 0.6 is 0 Å². The quantitative estimate of drug-likeness (QED) is 0.870. The summed E-state index contributed by atoms with van der Waals surface area (Å²) in [6, 6.07) is 2.58. The zero-order chi connectivity index (χ0) is 13.1. The lowest BCUT2D eigenvalue weighted by Gasteiger charge is -2.05. The summed E-state index contributed by atoms with van der Waals surface area (Å²) in [6.07, 6.45) is 3.96. The fourth-order valence-corrected chi connectivity index (χ4v) is 1.89. The number of imidazole rings is 1. The number of hydrogen-bond donors (Lipinski definition) is 1. The highest BCUT2D eigenvalue weighted by molar-refractivity contribution is 5.10. The molecule has 2 rings (SSSR count). The van der Waals surface area contributed by atoms with Crippen molar-refractivity contribution in [1.82, 2.24) is 24.6 Å². The van der Waals surface area contributed by atoms with Gasteiger partial charge in [0.2, 0.25) is 0 Å². The average Bonchev–Trinajstić information content (AvgIpc) is 2.84. The number of aryl methyl sites for hydroxylation is 2. The average molecular weight is 247 g/mol. The molecule has 0 bridgehead atoms. The molecule has 0 saturated carbocycles. The van der Waals surface area contributed by atoms with Crippen LogP contribution in [0.4, 0.5) is 0 Å². The maximum Gasteiger partial charge on any atom is 0.0953 e. The van der Waals surface area contributed by atoms with Crippen LogP contribution in [0.2, 0.25) is 0 Å². The van der Waals surface area contributed by atoms with Crippen molar-refractivity contribution >= 4 is 0 Å². The summed E-state index contributed by atoms with van der Waals surface area (Å²) in [5.74, 6) is 0. The Morgan fingerprint density at radius 2 is 2.17 bits per heavy atom. The molecule has 0 atom stereocenters. The first-order valence-corrected chi connectivity index (χ1v) is 6.28. The third kappa shape index (κ3) is 3.20. The number of rotatable bonds is 5. The molecule has 0 spiro atoms. The van der Waals surface area contributed by atoms with Gasteiger partial charge in [-0.3, -0.25) is 4.68 Å². The van der Waals surface area contributed by atoms with Gasteiger partial charge in [0, 0.05) is 25.8 Å². The van der Waals surface area contributed by atoms with E-state index >= 15 is 0 Å². The van der Waals surface area contributed by atoms with Crippen molar-refractivity contribution in [1.29, 1.82) is 0 Å². The minimum atomic E-state index is 0.481. The highest BCUT2D eigenvalue weighted by Gasteiger charge is 2.04. The molecule has 0 radical (unpaired) electrons. The molecule has 98 valence electrons. The smallest absolute Gasteiger partial charge is 0.0953 e. The molecule has 2 aromatic heterocycles. The van der Waals surface area contributed by atoms with Gasteiger partial charge in [-0.05, 0) is 13.0 Å². The molecule has 2 aromatic rings. The maximum absolute atomic E-state index is 4.39. The van der Waals surface area contributed by atoms with Crippen LogP contribution in [0.5, 0.6) is 0 Å². The normalized spacial score (nSPS) is 11.4. The number of nitrogens with one attached hydrogen (secondary N) is 1. The van der Waals surface area contributed by atoms with Crippen molar-refractivity contribution in [3.05, 3.63) is 35.7 Å². The van der Waals surface area contributed by atoms with Gasteiger partial charge in [0.25, 0.3) is 0 Å². The van der Waals surface area contributed by atoms with Crippen LogP contribution in [0.3, 0.4) is 0 Å². The van der Waals surface area contributed by atoms with Gasteiger partial charge in [-0.1, -0.05) is 13.8 Å². The second kappa shape index (κ2) is 5.35. The molecule has 0 amide bonds. The van der Waals surface area contributed by atoms with E-state index in [0.717, 1.165) is 24.5 Å². The molecular weight excluding hydrogens is 226 g/mol. The predicted octanol–water partition coefficient (Wildman–Crippen LogP) is 1.47. The van der Waals surface area contributed by atoms with Gasteiger partial charge >= 0.3 is 0 Å². The highest BCUT2D eigenvalue weighted by Crippen LogP contribution is 2.05. The molecular formula is C13H21N5. The van der Waals surface area contributed by atoms with E-state index in [9.17, 15) is 0 Å². The Balaban J connectivity index is 2.00. The van der Waals surface area contributed by atoms with Gasteiger partial charge in [0.05, 0.1) is 30.0 Å². The molecule has 0 fully saturated rings. The standard InChI is InChI=1S/C13H21N5/c1-10(2)14-6-12-7-18(9-15-12)8-13-5-11(3)16-17(13)4/h5,7,9-10,14H,6,8H2,1-4H3. The molecule has 5 nitrogen and oxygen atoms in total. The summed E-state index contributed by atoms with van der Waals surface area (Å²) < 4.78 is 4.01. The van der Waals surface area contributed by atoms with Crippen molar-refractivity contribution in [2.75, 3.05) is 0 Å². The van der Waals surface area contributed by atoms with Crippen LogP contribution in [0.15, 0.2) is 18.6 Å². The Bertz CT molecular complexity index is 509. The topological polar surface area (TPSA) is 47.7 Å². The van der Waals surface area contributed by atoms with E-state index in [1.165, 1.54) is 5.69 Å². The van der Waals surface area contributed by atoms with Crippen molar-refractivity contribution in [3.8, 4) is 0 Å². The number of nitrogens with zero attached hydrogens (tertiary/aromatic N) is 4. The van der Waals surface area contributed by atoms with Crippen molar-refractivity contribution in [2.24, 2.45) is 7.05 Å². The van der Waals surface area contributed by atoms with E-state index < -0.39 is 0 Å². The second-order valence-electron chi connectivity index (χ2n) is 4.97. The SMILES string of the molecule is Cc1cc(Cn2cnc(CNC(C)C)c2)n(C)n1. The van der Waals surface area contributed by atoms with E-state index in [0.29, 0.717) is 6.04 Å². The first kappa shape index (κ1) is 12.8. The lowest BCUT2D eigenvalue weighted by molar-refractivity contribution is 0.582. The van der Waals surface area contributed by atoms with E-state index in [2.05, 4.69) is 46.1 Å². The second-order valence-corrected chi connectivity index (χ2v) is 4.97. The predicted molar refractivity (Wildman–Crippen MR) is 71.2 cm³/mol. The van der Waals surface area contributed by atoms with Crippen LogP contribution in [-0.4, -0.2) is 25.4 Å². The molecule has 0 saturated heterocycles. The highest BCUT2D eigenvalue weighted by atomic mass is 15.3. The van der Waals surface area contributed by atoms with Gasteiger partial charge in [-0.25, -0.2) is 4.98 Å². The third-order valence-corrected chi connectivity index (χ3v) is 2.82. The van der Waals surface area contributed by atoms with Crippen LogP contribution in [0.1, 0.15) is 30.9 Å². The Kier molecular flexibility index (Phi) is 3.81. The van der Waals surface area contributed by atoms with E-state index in [-0.39, 0.29) is 0 Å². The minimum Gasteiger partial charge on any atom is -0.331 e. The van der Waals surface area contributed by atoms with Crippen LogP contribution < -0.4 is 5.32 Å². The lowest BCUT2D eigenvalue weighted by Crippen LogP contribution is -2.21. The van der Waals surface area contributed by atoms with Crippen LogP contribution in [0.25, 0.3) is 0 Å². The summed E-state index contributed by atoms with van der Waals surface area (Å²) in [4.78, 5) is 4.39. The van der Waals surface area contributed by atoms with E-state index in [1.807, 2.05) is 25.0 Å². The van der Waals surface area contributed by atoms with Gasteiger partial charge in [0.15, 0.2) is 0 Å². The first-order chi connectivity index (χ1) is 8.54. The number of hydrogen-bond acceptors (Lipinski definition) is 3. The monoisotopic (exact) mass is 247 g/mol. The van der Waals surface area contributed by atoms with Crippen molar-refractivity contribution in [2.45, 2.75) is 39.9 Å². The number of aromatic nitrogens is 4. The van der Waals surface area contributed by atoms with Gasteiger partial charge in [-0.15, -0.1) is 0 Å². The fraction of sp³-hybridized carbons (Fsp3) is 0.538. The van der Waals surface area contributed by atoms with Crippen molar-refractivity contribution < 1.29 is 0 Å². The largest absolute Gasteiger partial charge is 0.331 e. The zero-order valence-electron chi connectivity index (χ0n) is 11.5. The Morgan fingerprint density at radius 3 is 2.78 bits per heavy atom. The summed E-state index contributed by atoms with van der Waals surface area (Å²) in [5, 5.41) is 7.71. The summed E-state index contributed by atoms with van der Waals surface area (Å²) in [7, 11) is 1.97. The van der Waals surface area contributed by atoms with Gasteiger partial charge < -0.3 is 9.88 Å². The first-order valence-electron chi connectivity index (χ1n) is 6.28.